The predicted octanol–water partition coefficient (Wildman–Crippen LogP) is 7.95. The van der Waals surface area contributed by atoms with Crippen LogP contribution in [0.25, 0.3) is 34.4 Å². The Bertz CT molecular complexity index is 1440. The lowest BCUT2D eigenvalue weighted by Gasteiger charge is -2.32. The van der Waals surface area contributed by atoms with E-state index in [9.17, 15) is 0 Å². The molecular weight excluding hydrogens is 459 g/mol. The molecule has 0 atom stereocenters. The van der Waals surface area contributed by atoms with Crippen LogP contribution < -0.4 is 5.46 Å². The largest absolute Gasteiger partial charge is 0.494 e. The molecule has 2 aliphatic rings. The van der Waals surface area contributed by atoms with Gasteiger partial charge in [-0.3, -0.25) is 0 Å². The van der Waals surface area contributed by atoms with Crippen LogP contribution in [0.3, 0.4) is 0 Å². The van der Waals surface area contributed by atoms with Gasteiger partial charge in [-0.05, 0) is 78.7 Å². The summed E-state index contributed by atoms with van der Waals surface area (Å²) in [5, 5.41) is 0. The number of fused-ring (bicyclic) bond motifs is 2. The van der Waals surface area contributed by atoms with Crippen LogP contribution in [-0.2, 0) is 9.31 Å². The Morgan fingerprint density at radius 3 is 1.86 bits per heavy atom. The summed E-state index contributed by atoms with van der Waals surface area (Å²) in [5.74, 6) is 0. The van der Waals surface area contributed by atoms with Gasteiger partial charge in [-0.25, -0.2) is 0 Å². The molecule has 4 aromatic rings. The zero-order valence-corrected chi connectivity index (χ0v) is 21.9. The van der Waals surface area contributed by atoms with E-state index in [1.807, 2.05) is 11.8 Å². The van der Waals surface area contributed by atoms with Gasteiger partial charge in [-0.2, -0.15) is 0 Å². The second-order valence-corrected chi connectivity index (χ2v) is 11.6. The summed E-state index contributed by atoms with van der Waals surface area (Å²) in [6.45, 7) is 8.34. The Hall–Kier alpha value is -3.05. The third-order valence-electron chi connectivity index (χ3n) is 7.60. The van der Waals surface area contributed by atoms with Crippen molar-refractivity contribution in [2.24, 2.45) is 0 Å². The summed E-state index contributed by atoms with van der Waals surface area (Å²) >= 11 is 1.84. The molecule has 0 bridgehead atoms. The summed E-state index contributed by atoms with van der Waals surface area (Å²) in [5.41, 5.74) is 7.77. The molecule has 0 spiro atoms. The molecule has 0 aliphatic carbocycles. The Morgan fingerprint density at radius 1 is 0.583 bits per heavy atom. The van der Waals surface area contributed by atoms with Gasteiger partial charge in [0.15, 0.2) is 0 Å². The van der Waals surface area contributed by atoms with E-state index in [0.29, 0.717) is 0 Å². The highest BCUT2D eigenvalue weighted by atomic mass is 32.2. The topological polar surface area (TPSA) is 18.5 Å². The molecule has 2 nitrogen and oxygen atoms in total. The van der Waals surface area contributed by atoms with Crippen LogP contribution in [0.2, 0.25) is 0 Å². The summed E-state index contributed by atoms with van der Waals surface area (Å²) in [6.07, 6.45) is 4.49. The third kappa shape index (κ3) is 4.14. The molecule has 36 heavy (non-hydrogen) atoms. The first-order chi connectivity index (χ1) is 17.3. The Morgan fingerprint density at radius 2 is 1.17 bits per heavy atom. The first kappa shape index (κ1) is 23.4. The molecule has 0 amide bonds. The monoisotopic (exact) mass is 488 g/mol. The zero-order valence-electron chi connectivity index (χ0n) is 21.1. The van der Waals surface area contributed by atoms with Crippen molar-refractivity contribution < 1.29 is 9.31 Å². The van der Waals surface area contributed by atoms with Crippen molar-refractivity contribution in [3.8, 4) is 22.3 Å². The maximum absolute atomic E-state index is 6.21. The predicted molar refractivity (Wildman–Crippen MR) is 153 cm³/mol. The number of rotatable bonds is 3. The van der Waals surface area contributed by atoms with Gasteiger partial charge in [0.1, 0.15) is 0 Å². The van der Waals surface area contributed by atoms with E-state index in [0.717, 1.165) is 5.46 Å². The summed E-state index contributed by atoms with van der Waals surface area (Å²) < 4.78 is 12.4. The third-order valence-corrected chi connectivity index (χ3v) is 8.77. The standard InChI is InChI=1S/C32H29BO2S/c1-31(2)32(3,4)35-33(34-31)26-19-16-23(17-20-26)22-12-14-24(15-13-22)27-9-7-11-30-28(27)21-18-25-8-5-6-10-29(25)36-30/h5-21H,1-4H3. The Labute approximate surface area is 218 Å². The second-order valence-electron chi connectivity index (χ2n) is 10.5. The van der Waals surface area contributed by atoms with Gasteiger partial charge >= 0.3 is 7.12 Å². The molecule has 6 rings (SSSR count). The molecule has 4 heteroatoms. The van der Waals surface area contributed by atoms with Crippen molar-refractivity contribution in [1.82, 2.24) is 0 Å². The van der Waals surface area contributed by atoms with E-state index in [-0.39, 0.29) is 18.3 Å². The fraction of sp³-hybridized carbons (Fsp3) is 0.188. The maximum atomic E-state index is 6.21. The average molecular weight is 488 g/mol. The zero-order chi connectivity index (χ0) is 24.9. The van der Waals surface area contributed by atoms with E-state index in [1.165, 1.54) is 43.2 Å². The normalized spacial score (nSPS) is 17.4. The van der Waals surface area contributed by atoms with Crippen LogP contribution in [0.5, 0.6) is 0 Å². The van der Waals surface area contributed by atoms with Crippen molar-refractivity contribution in [3.05, 3.63) is 102 Å². The van der Waals surface area contributed by atoms with E-state index in [1.54, 1.807) is 0 Å². The van der Waals surface area contributed by atoms with Crippen LogP contribution in [0, 0.1) is 0 Å². The second kappa shape index (κ2) is 8.81. The smallest absolute Gasteiger partial charge is 0.399 e. The minimum atomic E-state index is -0.336. The molecule has 0 aromatic heterocycles. The number of hydrogen-bond donors (Lipinski definition) is 0. The summed E-state index contributed by atoms with van der Waals surface area (Å²) in [4.78, 5) is 2.58. The molecule has 178 valence electrons. The SMILES string of the molecule is CC1(C)OB(c2ccc(-c3ccc(-c4cccc5c4C=Cc4ccccc4S5)cc3)cc2)OC1(C)C. The summed E-state index contributed by atoms with van der Waals surface area (Å²) in [6, 6.07) is 32.6. The van der Waals surface area contributed by atoms with Gasteiger partial charge in [0.2, 0.25) is 0 Å². The fourth-order valence-electron chi connectivity index (χ4n) is 4.71. The molecule has 0 unspecified atom stereocenters. The van der Waals surface area contributed by atoms with Gasteiger partial charge in [-0.15, -0.1) is 0 Å². The highest BCUT2D eigenvalue weighted by Gasteiger charge is 2.51. The van der Waals surface area contributed by atoms with Crippen LogP contribution >= 0.6 is 11.8 Å². The first-order valence-corrected chi connectivity index (χ1v) is 13.3. The van der Waals surface area contributed by atoms with Crippen molar-refractivity contribution in [2.75, 3.05) is 0 Å². The average Bonchev–Trinajstić information content (AvgIpc) is 3.00. The molecular formula is C32H29BO2S. The highest BCUT2D eigenvalue weighted by molar-refractivity contribution is 7.99. The molecule has 0 radical (unpaired) electrons. The lowest BCUT2D eigenvalue weighted by Crippen LogP contribution is -2.41. The molecule has 4 aromatic carbocycles. The van der Waals surface area contributed by atoms with Gasteiger partial charge in [0, 0.05) is 9.79 Å². The molecule has 0 N–H and O–H groups in total. The van der Waals surface area contributed by atoms with Crippen molar-refractivity contribution >= 4 is 36.5 Å². The first-order valence-electron chi connectivity index (χ1n) is 12.5. The van der Waals surface area contributed by atoms with Crippen molar-refractivity contribution in [3.63, 3.8) is 0 Å². The van der Waals surface area contributed by atoms with Gasteiger partial charge in [0.25, 0.3) is 0 Å². The van der Waals surface area contributed by atoms with E-state index >= 15 is 0 Å². The molecule has 2 aliphatic heterocycles. The molecule has 1 fully saturated rings. The molecule has 2 heterocycles. The van der Waals surface area contributed by atoms with E-state index in [4.69, 9.17) is 9.31 Å². The quantitative estimate of drug-likeness (QED) is 0.240. The maximum Gasteiger partial charge on any atom is 0.494 e. The van der Waals surface area contributed by atoms with E-state index < -0.39 is 0 Å². The fourth-order valence-corrected chi connectivity index (χ4v) is 5.79. The van der Waals surface area contributed by atoms with Crippen molar-refractivity contribution in [2.45, 2.75) is 48.7 Å². The minimum Gasteiger partial charge on any atom is -0.399 e. The summed E-state index contributed by atoms with van der Waals surface area (Å²) in [7, 11) is -0.336. The van der Waals surface area contributed by atoms with Gasteiger partial charge in [0.05, 0.1) is 11.2 Å². The van der Waals surface area contributed by atoms with Crippen LogP contribution in [0.15, 0.2) is 101 Å². The Kier molecular flexibility index (Phi) is 5.72. The lowest BCUT2D eigenvalue weighted by molar-refractivity contribution is 0.00578. The van der Waals surface area contributed by atoms with Gasteiger partial charge in [-0.1, -0.05) is 103 Å². The lowest BCUT2D eigenvalue weighted by atomic mass is 9.78. The van der Waals surface area contributed by atoms with Gasteiger partial charge < -0.3 is 9.31 Å². The van der Waals surface area contributed by atoms with Crippen LogP contribution in [0.4, 0.5) is 0 Å². The van der Waals surface area contributed by atoms with Crippen LogP contribution in [-0.4, -0.2) is 18.3 Å². The Balaban J connectivity index is 1.25. The highest BCUT2D eigenvalue weighted by Crippen LogP contribution is 2.41. The molecule has 0 saturated carbocycles. The number of benzene rings is 4. The number of hydrogen-bond acceptors (Lipinski definition) is 3. The minimum absolute atomic E-state index is 0.335. The van der Waals surface area contributed by atoms with Crippen molar-refractivity contribution in [1.29, 1.82) is 0 Å². The molecule has 1 saturated heterocycles. The van der Waals surface area contributed by atoms with Crippen LogP contribution in [0.1, 0.15) is 38.8 Å². The van der Waals surface area contributed by atoms with E-state index in [2.05, 4.69) is 131 Å².